The fourth-order valence-electron chi connectivity index (χ4n) is 1.73. The average molecular weight is 223 g/mol. The maximum atomic E-state index is 5.86. The second-order valence-electron chi connectivity index (χ2n) is 3.83. The maximum Gasteiger partial charge on any atom is 0.162 e. The number of ether oxygens (including phenoxy) is 2. The van der Waals surface area contributed by atoms with Crippen molar-refractivity contribution in [1.82, 2.24) is 9.97 Å². The van der Waals surface area contributed by atoms with Gasteiger partial charge in [-0.1, -0.05) is 6.92 Å². The fourth-order valence-corrected chi connectivity index (χ4v) is 1.73. The average Bonchev–Trinajstić information content (AvgIpc) is 2.33. The molecule has 0 bridgehead atoms. The molecule has 5 nitrogen and oxygen atoms in total. The van der Waals surface area contributed by atoms with E-state index in [0.717, 1.165) is 17.7 Å². The van der Waals surface area contributed by atoms with Crippen molar-refractivity contribution in [3.63, 3.8) is 0 Å². The van der Waals surface area contributed by atoms with Crippen LogP contribution in [0.3, 0.4) is 0 Å². The van der Waals surface area contributed by atoms with Gasteiger partial charge in [-0.15, -0.1) is 0 Å². The molecule has 1 aliphatic heterocycles. The number of anilines is 1. The van der Waals surface area contributed by atoms with Gasteiger partial charge in [-0.3, -0.25) is 0 Å². The summed E-state index contributed by atoms with van der Waals surface area (Å²) < 4.78 is 10.9. The lowest BCUT2D eigenvalue weighted by Crippen LogP contribution is -2.24. The molecular weight excluding hydrogens is 206 g/mol. The Morgan fingerprint density at radius 3 is 2.81 bits per heavy atom. The van der Waals surface area contributed by atoms with Crippen molar-refractivity contribution < 1.29 is 9.47 Å². The van der Waals surface area contributed by atoms with Crippen LogP contribution in [-0.4, -0.2) is 29.8 Å². The van der Waals surface area contributed by atoms with E-state index in [9.17, 15) is 0 Å². The number of nitrogen functional groups attached to an aromatic ring is 1. The van der Waals surface area contributed by atoms with E-state index in [1.165, 1.54) is 0 Å². The van der Waals surface area contributed by atoms with E-state index >= 15 is 0 Å². The van der Waals surface area contributed by atoms with Crippen molar-refractivity contribution in [1.29, 1.82) is 0 Å². The molecule has 0 spiro atoms. The van der Waals surface area contributed by atoms with Crippen molar-refractivity contribution in [2.75, 3.05) is 25.6 Å². The molecule has 2 N–H and O–H groups in total. The van der Waals surface area contributed by atoms with Crippen LogP contribution in [0.5, 0.6) is 0 Å². The molecular formula is C11H17N3O2. The lowest BCUT2D eigenvalue weighted by Gasteiger charge is -2.22. The van der Waals surface area contributed by atoms with Crippen molar-refractivity contribution in [2.45, 2.75) is 26.4 Å². The highest BCUT2D eigenvalue weighted by atomic mass is 16.6. The van der Waals surface area contributed by atoms with E-state index in [2.05, 4.69) is 16.9 Å². The smallest absolute Gasteiger partial charge is 0.162 e. The Morgan fingerprint density at radius 1 is 1.38 bits per heavy atom. The molecule has 2 rings (SSSR count). The Morgan fingerprint density at radius 2 is 2.19 bits per heavy atom. The van der Waals surface area contributed by atoms with Crippen LogP contribution < -0.4 is 5.73 Å². The van der Waals surface area contributed by atoms with Crippen LogP contribution in [0.1, 0.15) is 30.1 Å². The lowest BCUT2D eigenvalue weighted by atomic mass is 10.2. The molecule has 1 atom stereocenters. The Hall–Kier alpha value is -1.20. The van der Waals surface area contributed by atoms with Gasteiger partial charge in [0.15, 0.2) is 5.82 Å². The zero-order valence-electron chi connectivity index (χ0n) is 9.69. The third-order valence-corrected chi connectivity index (χ3v) is 2.74. The minimum Gasteiger partial charge on any atom is -0.383 e. The first-order chi connectivity index (χ1) is 7.72. The molecule has 1 aromatic heterocycles. The summed E-state index contributed by atoms with van der Waals surface area (Å²) in [5.74, 6) is 1.18. The predicted octanol–water partition coefficient (Wildman–Crippen LogP) is 1.02. The zero-order valence-corrected chi connectivity index (χ0v) is 9.69. The molecule has 0 radical (unpaired) electrons. The van der Waals surface area contributed by atoms with E-state index in [1.54, 1.807) is 0 Å². The van der Waals surface area contributed by atoms with Crippen LogP contribution in [0.15, 0.2) is 0 Å². The molecule has 1 aromatic rings. The normalized spacial score (nSPS) is 21.0. The van der Waals surface area contributed by atoms with E-state index in [1.807, 2.05) is 6.92 Å². The Balaban J connectivity index is 2.29. The quantitative estimate of drug-likeness (QED) is 0.810. The highest BCUT2D eigenvalue weighted by Gasteiger charge is 2.21. The van der Waals surface area contributed by atoms with Crippen LogP contribution in [-0.2, 0) is 15.9 Å². The monoisotopic (exact) mass is 223 g/mol. The molecule has 0 aliphatic carbocycles. The molecule has 1 aliphatic rings. The fraction of sp³-hybridized carbons (Fsp3) is 0.636. The summed E-state index contributed by atoms with van der Waals surface area (Å²) in [4.78, 5) is 8.75. The van der Waals surface area contributed by atoms with Crippen molar-refractivity contribution in [3.8, 4) is 0 Å². The highest BCUT2D eigenvalue weighted by Crippen LogP contribution is 2.21. The largest absolute Gasteiger partial charge is 0.383 e. The number of hydrogen-bond acceptors (Lipinski definition) is 5. The van der Waals surface area contributed by atoms with Gasteiger partial charge in [0.25, 0.3) is 0 Å². The minimum atomic E-state index is -0.179. The number of hydrogen-bond donors (Lipinski definition) is 1. The third kappa shape index (κ3) is 2.15. The summed E-state index contributed by atoms with van der Waals surface area (Å²) in [6.07, 6.45) is 0.668. The van der Waals surface area contributed by atoms with Gasteiger partial charge < -0.3 is 15.2 Å². The SMILES string of the molecule is CCc1nc(C2COCCO2)nc(N)c1C. The van der Waals surface area contributed by atoms with Crippen LogP contribution >= 0.6 is 0 Å². The number of rotatable bonds is 2. The number of aromatic nitrogens is 2. The first kappa shape index (κ1) is 11.3. The number of nitrogens with zero attached hydrogens (tertiary/aromatic N) is 2. The second-order valence-corrected chi connectivity index (χ2v) is 3.83. The molecule has 1 saturated heterocycles. The van der Waals surface area contributed by atoms with Gasteiger partial charge in [-0.2, -0.15) is 0 Å². The number of aryl methyl sites for hydroxylation is 1. The van der Waals surface area contributed by atoms with Crippen molar-refractivity contribution in [3.05, 3.63) is 17.1 Å². The topological polar surface area (TPSA) is 70.3 Å². The first-order valence-corrected chi connectivity index (χ1v) is 5.54. The summed E-state index contributed by atoms with van der Waals surface area (Å²) in [5.41, 5.74) is 7.80. The predicted molar refractivity (Wildman–Crippen MR) is 60.1 cm³/mol. The van der Waals surface area contributed by atoms with Gasteiger partial charge in [0.05, 0.1) is 19.8 Å². The Bertz CT molecular complexity index is 376. The van der Waals surface area contributed by atoms with Crippen molar-refractivity contribution >= 4 is 5.82 Å². The third-order valence-electron chi connectivity index (χ3n) is 2.74. The summed E-state index contributed by atoms with van der Waals surface area (Å²) in [5, 5.41) is 0. The molecule has 16 heavy (non-hydrogen) atoms. The van der Waals surface area contributed by atoms with E-state index < -0.39 is 0 Å². The van der Waals surface area contributed by atoms with E-state index in [4.69, 9.17) is 15.2 Å². The highest BCUT2D eigenvalue weighted by molar-refractivity contribution is 5.41. The summed E-state index contributed by atoms with van der Waals surface area (Å²) in [6.45, 7) is 5.72. The van der Waals surface area contributed by atoms with Crippen LogP contribution in [0, 0.1) is 6.92 Å². The van der Waals surface area contributed by atoms with Crippen LogP contribution in [0.2, 0.25) is 0 Å². The van der Waals surface area contributed by atoms with E-state index in [0.29, 0.717) is 31.5 Å². The lowest BCUT2D eigenvalue weighted by molar-refractivity contribution is -0.0935. The van der Waals surface area contributed by atoms with Gasteiger partial charge in [-0.05, 0) is 13.3 Å². The Labute approximate surface area is 95.0 Å². The van der Waals surface area contributed by atoms with Gasteiger partial charge >= 0.3 is 0 Å². The maximum absolute atomic E-state index is 5.86. The molecule has 0 amide bonds. The molecule has 0 aromatic carbocycles. The summed E-state index contributed by atoms with van der Waals surface area (Å²) in [6, 6.07) is 0. The van der Waals surface area contributed by atoms with Crippen LogP contribution in [0.4, 0.5) is 5.82 Å². The molecule has 0 saturated carbocycles. The van der Waals surface area contributed by atoms with Crippen LogP contribution in [0.25, 0.3) is 0 Å². The summed E-state index contributed by atoms with van der Waals surface area (Å²) >= 11 is 0. The summed E-state index contributed by atoms with van der Waals surface area (Å²) in [7, 11) is 0. The van der Waals surface area contributed by atoms with Crippen molar-refractivity contribution in [2.24, 2.45) is 0 Å². The van der Waals surface area contributed by atoms with Gasteiger partial charge in [0.1, 0.15) is 11.9 Å². The van der Waals surface area contributed by atoms with E-state index in [-0.39, 0.29) is 6.10 Å². The molecule has 1 unspecified atom stereocenters. The van der Waals surface area contributed by atoms with Gasteiger partial charge in [-0.25, -0.2) is 9.97 Å². The Kier molecular flexibility index (Phi) is 3.36. The first-order valence-electron chi connectivity index (χ1n) is 5.54. The molecule has 5 heteroatoms. The molecule has 2 heterocycles. The van der Waals surface area contributed by atoms with Gasteiger partial charge in [0, 0.05) is 11.3 Å². The molecule has 1 fully saturated rings. The standard InChI is InChI=1S/C11H17N3O2/c1-3-8-7(2)10(12)14-11(13-8)9-6-15-4-5-16-9/h9H,3-6H2,1-2H3,(H2,12,13,14). The zero-order chi connectivity index (χ0) is 11.5. The minimum absolute atomic E-state index is 0.179. The molecule has 88 valence electrons. The van der Waals surface area contributed by atoms with Gasteiger partial charge in [0.2, 0.25) is 0 Å². The number of nitrogens with two attached hydrogens (primary N) is 1. The second kappa shape index (κ2) is 4.76.